The largest absolute Gasteiger partial charge is 0.369 e. The van der Waals surface area contributed by atoms with Gasteiger partial charge in [-0.15, -0.1) is 0 Å². The van der Waals surface area contributed by atoms with Gasteiger partial charge in [-0.2, -0.15) is 0 Å². The average Bonchev–Trinajstić information content (AvgIpc) is 3.20. The van der Waals surface area contributed by atoms with Crippen LogP contribution in [0.2, 0.25) is 0 Å². The summed E-state index contributed by atoms with van der Waals surface area (Å²) in [5.74, 6) is 0. The number of hydrogen-bond donors (Lipinski definition) is 0. The zero-order chi connectivity index (χ0) is 14.5. The molecule has 0 spiro atoms. The van der Waals surface area contributed by atoms with Gasteiger partial charge in [-0.3, -0.25) is 0 Å². The molecule has 0 amide bonds. The Bertz CT molecular complexity index is 267. The van der Waals surface area contributed by atoms with Gasteiger partial charge in [0.1, 0.15) is 0 Å². The molecule has 1 heteroatoms. The number of ether oxygens (including phenoxy) is 1. The lowest BCUT2D eigenvalue weighted by molar-refractivity contribution is 0.358. The van der Waals surface area contributed by atoms with Crippen LogP contribution in [0.4, 0.5) is 0 Å². The highest BCUT2D eigenvalue weighted by Gasteiger charge is 2.36. The van der Waals surface area contributed by atoms with Crippen molar-refractivity contribution in [2.45, 2.75) is 96.7 Å². The third-order valence-electron chi connectivity index (χ3n) is 3.99. The molecule has 0 aromatic rings. The van der Waals surface area contributed by atoms with Gasteiger partial charge in [-0.05, 0) is 25.7 Å². The van der Waals surface area contributed by atoms with Crippen LogP contribution in [0.15, 0.2) is 24.3 Å². The van der Waals surface area contributed by atoms with E-state index in [0.717, 1.165) is 19.3 Å². The van der Waals surface area contributed by atoms with Crippen LogP contribution < -0.4 is 0 Å². The molecule has 1 saturated heterocycles. The maximum absolute atomic E-state index is 5.72. The second-order valence-corrected chi connectivity index (χ2v) is 5.95. The van der Waals surface area contributed by atoms with Gasteiger partial charge in [0.05, 0.1) is 12.2 Å². The van der Waals surface area contributed by atoms with Crippen LogP contribution >= 0.6 is 0 Å². The Balaban J connectivity index is 1.85. The molecule has 0 saturated carbocycles. The van der Waals surface area contributed by atoms with Crippen molar-refractivity contribution >= 4 is 0 Å². The van der Waals surface area contributed by atoms with Gasteiger partial charge in [0.2, 0.25) is 0 Å². The molecule has 0 bridgehead atoms. The Morgan fingerprint density at radius 1 is 0.750 bits per heavy atom. The molecule has 0 unspecified atom stereocenters. The Morgan fingerprint density at radius 2 is 1.45 bits per heavy atom. The minimum atomic E-state index is 0.529. The zero-order valence-corrected chi connectivity index (χ0v) is 13.7. The molecular weight excluding hydrogens is 244 g/mol. The van der Waals surface area contributed by atoms with E-state index in [-0.39, 0.29) is 0 Å². The predicted octanol–water partition coefficient (Wildman–Crippen LogP) is 6.20. The SMILES string of the molecule is CC/C=C/C/C=C/C[C@H]1O[C@H]1CCCCCCCCC. The molecule has 1 heterocycles. The summed E-state index contributed by atoms with van der Waals surface area (Å²) in [6, 6.07) is 0. The molecule has 0 aromatic carbocycles. The van der Waals surface area contributed by atoms with Crippen molar-refractivity contribution in [1.29, 1.82) is 0 Å². The van der Waals surface area contributed by atoms with Crippen LogP contribution in [0, 0.1) is 0 Å². The highest BCUT2D eigenvalue weighted by Crippen LogP contribution is 2.30. The van der Waals surface area contributed by atoms with Gasteiger partial charge < -0.3 is 4.74 Å². The molecule has 20 heavy (non-hydrogen) atoms. The molecule has 0 aliphatic carbocycles. The van der Waals surface area contributed by atoms with E-state index >= 15 is 0 Å². The van der Waals surface area contributed by atoms with Crippen molar-refractivity contribution in [3.63, 3.8) is 0 Å². The summed E-state index contributed by atoms with van der Waals surface area (Å²) in [6.07, 6.45) is 24.5. The standard InChI is InChI=1S/C19H34O/c1-3-5-7-9-11-13-15-17-19-18(20-19)16-14-12-10-8-6-4-2/h6,8,12,14,18-19H,3-5,7,9-11,13,15-17H2,1-2H3/b8-6+,14-12+/t18-,19+/m1/s1. The number of unbranched alkanes of at least 4 members (excludes halogenated alkanes) is 6. The molecule has 116 valence electrons. The van der Waals surface area contributed by atoms with Gasteiger partial charge >= 0.3 is 0 Å². The monoisotopic (exact) mass is 278 g/mol. The number of epoxide rings is 1. The molecule has 0 aromatic heterocycles. The lowest BCUT2D eigenvalue weighted by Gasteiger charge is -1.99. The van der Waals surface area contributed by atoms with E-state index in [2.05, 4.69) is 38.2 Å². The first kappa shape index (κ1) is 17.5. The second kappa shape index (κ2) is 12.2. The third-order valence-corrected chi connectivity index (χ3v) is 3.99. The first-order chi connectivity index (χ1) is 9.88. The van der Waals surface area contributed by atoms with E-state index in [1.54, 1.807) is 0 Å². The van der Waals surface area contributed by atoms with Crippen molar-refractivity contribution in [3.8, 4) is 0 Å². The smallest absolute Gasteiger partial charge is 0.0876 e. The van der Waals surface area contributed by atoms with Gasteiger partial charge in [-0.25, -0.2) is 0 Å². The van der Waals surface area contributed by atoms with Crippen LogP contribution in [0.3, 0.4) is 0 Å². The number of hydrogen-bond acceptors (Lipinski definition) is 1. The lowest BCUT2D eigenvalue weighted by Crippen LogP contribution is -1.92. The summed E-state index contributed by atoms with van der Waals surface area (Å²) in [5.41, 5.74) is 0. The van der Waals surface area contributed by atoms with Crippen LogP contribution in [0.1, 0.15) is 84.5 Å². The molecule has 1 nitrogen and oxygen atoms in total. The van der Waals surface area contributed by atoms with E-state index in [4.69, 9.17) is 4.74 Å². The van der Waals surface area contributed by atoms with Gasteiger partial charge in [0, 0.05) is 0 Å². The van der Waals surface area contributed by atoms with Crippen molar-refractivity contribution in [2.24, 2.45) is 0 Å². The molecule has 0 N–H and O–H groups in total. The molecule has 1 aliphatic heterocycles. The fourth-order valence-corrected chi connectivity index (χ4v) is 2.61. The summed E-state index contributed by atoms with van der Waals surface area (Å²) in [7, 11) is 0. The summed E-state index contributed by atoms with van der Waals surface area (Å²) in [4.78, 5) is 0. The van der Waals surface area contributed by atoms with Gasteiger partial charge in [0.25, 0.3) is 0 Å². The quantitative estimate of drug-likeness (QED) is 0.222. The average molecular weight is 278 g/mol. The number of allylic oxidation sites excluding steroid dienone is 3. The number of rotatable bonds is 13. The molecule has 2 atom stereocenters. The molecule has 1 fully saturated rings. The van der Waals surface area contributed by atoms with Crippen molar-refractivity contribution in [3.05, 3.63) is 24.3 Å². The summed E-state index contributed by atoms with van der Waals surface area (Å²) >= 11 is 0. The lowest BCUT2D eigenvalue weighted by atomic mass is 10.1. The second-order valence-electron chi connectivity index (χ2n) is 5.95. The van der Waals surface area contributed by atoms with Crippen molar-refractivity contribution < 1.29 is 4.74 Å². The van der Waals surface area contributed by atoms with Crippen LogP contribution in [-0.4, -0.2) is 12.2 Å². The van der Waals surface area contributed by atoms with Gasteiger partial charge in [0.15, 0.2) is 0 Å². The first-order valence-electron chi connectivity index (χ1n) is 8.84. The van der Waals surface area contributed by atoms with E-state index < -0.39 is 0 Å². The molecule has 1 aliphatic rings. The van der Waals surface area contributed by atoms with E-state index in [0.29, 0.717) is 12.2 Å². The third kappa shape index (κ3) is 9.36. The predicted molar refractivity (Wildman–Crippen MR) is 89.1 cm³/mol. The fourth-order valence-electron chi connectivity index (χ4n) is 2.61. The van der Waals surface area contributed by atoms with Crippen molar-refractivity contribution in [1.82, 2.24) is 0 Å². The summed E-state index contributed by atoms with van der Waals surface area (Å²) in [5, 5.41) is 0. The zero-order valence-electron chi connectivity index (χ0n) is 13.7. The maximum atomic E-state index is 5.72. The van der Waals surface area contributed by atoms with Crippen LogP contribution in [0.5, 0.6) is 0 Å². The van der Waals surface area contributed by atoms with Crippen molar-refractivity contribution in [2.75, 3.05) is 0 Å². The van der Waals surface area contributed by atoms with E-state index in [9.17, 15) is 0 Å². The van der Waals surface area contributed by atoms with E-state index in [1.807, 2.05) is 0 Å². The Morgan fingerprint density at radius 3 is 2.20 bits per heavy atom. The Kier molecular flexibility index (Phi) is 10.7. The Hall–Kier alpha value is -0.560. The maximum Gasteiger partial charge on any atom is 0.0876 e. The van der Waals surface area contributed by atoms with E-state index in [1.165, 1.54) is 51.4 Å². The van der Waals surface area contributed by atoms with Crippen LogP contribution in [0.25, 0.3) is 0 Å². The minimum absolute atomic E-state index is 0.529. The Labute approximate surface area is 126 Å². The minimum Gasteiger partial charge on any atom is -0.369 e. The normalized spacial score (nSPS) is 22.1. The molecule has 0 radical (unpaired) electrons. The summed E-state index contributed by atoms with van der Waals surface area (Å²) in [6.45, 7) is 4.45. The topological polar surface area (TPSA) is 12.5 Å². The van der Waals surface area contributed by atoms with Gasteiger partial charge in [-0.1, -0.05) is 83.1 Å². The fraction of sp³-hybridized carbons (Fsp3) is 0.789. The highest BCUT2D eigenvalue weighted by molar-refractivity contribution is 4.97. The first-order valence-corrected chi connectivity index (χ1v) is 8.84. The summed E-state index contributed by atoms with van der Waals surface area (Å²) < 4.78 is 5.72. The van der Waals surface area contributed by atoms with Crippen LogP contribution in [-0.2, 0) is 4.74 Å². The molecular formula is C19H34O. The molecule has 1 rings (SSSR count). The highest BCUT2D eigenvalue weighted by atomic mass is 16.6.